The summed E-state index contributed by atoms with van der Waals surface area (Å²) in [6.07, 6.45) is 1.30. The molecule has 0 aliphatic rings. The molecule has 0 spiro atoms. The molecule has 15 heteroatoms. The molecule has 0 saturated heterocycles. The molecule has 0 bridgehead atoms. The molecule has 12 nitrogen and oxygen atoms in total. The van der Waals surface area contributed by atoms with Gasteiger partial charge >= 0.3 is 11.9 Å². The van der Waals surface area contributed by atoms with E-state index in [4.69, 9.17) is 25.4 Å². The second-order valence-corrected chi connectivity index (χ2v) is 8.56. The Balaban J connectivity index is 1.53. The summed E-state index contributed by atoms with van der Waals surface area (Å²) in [5.41, 5.74) is 2.61. The second kappa shape index (κ2) is 11.4. The summed E-state index contributed by atoms with van der Waals surface area (Å²) < 4.78 is 44.7. The number of pyridine rings is 1. The predicted octanol–water partition coefficient (Wildman–Crippen LogP) is 4.47. The monoisotopic (exact) mass is 561 g/mol. The van der Waals surface area contributed by atoms with Crippen molar-refractivity contribution >= 4 is 23.5 Å². The van der Waals surface area contributed by atoms with E-state index in [1.807, 2.05) is 0 Å². The average Bonchev–Trinajstić information content (AvgIpc) is 3.55. The number of nitrogens with one attached hydrogen (secondary N) is 2. The van der Waals surface area contributed by atoms with Crippen molar-refractivity contribution in [3.8, 4) is 28.4 Å². The number of benzene rings is 1. The van der Waals surface area contributed by atoms with Gasteiger partial charge in [-0.15, -0.1) is 0 Å². The van der Waals surface area contributed by atoms with Crippen LogP contribution in [0.15, 0.2) is 39.5 Å². The molecule has 4 rings (SSSR count). The number of aromatic nitrogens is 4. The van der Waals surface area contributed by atoms with Crippen molar-refractivity contribution in [1.82, 2.24) is 36.0 Å². The van der Waals surface area contributed by atoms with E-state index in [0.717, 1.165) is 17.1 Å². The normalized spacial score (nSPS) is 11.7. The van der Waals surface area contributed by atoms with Crippen LogP contribution in [-0.4, -0.2) is 50.9 Å². The van der Waals surface area contributed by atoms with Crippen LogP contribution in [0.25, 0.3) is 22.5 Å². The average molecular weight is 562 g/mol. The zero-order valence-corrected chi connectivity index (χ0v) is 21.8. The Kier molecular flexibility index (Phi) is 8.04. The topological polar surface area (TPSA) is 149 Å². The van der Waals surface area contributed by atoms with Crippen LogP contribution < -0.4 is 15.5 Å². The van der Waals surface area contributed by atoms with Crippen molar-refractivity contribution < 1.29 is 32.2 Å². The number of methoxy groups -OCH3 is 1. The molecular formula is C24H22ClF2N7O5. The zero-order chi connectivity index (χ0) is 28.3. The highest BCUT2D eigenvalue weighted by atomic mass is 35.5. The smallest absolute Gasteiger partial charge is 0.336 e. The number of amides is 3. The fraction of sp³-hybridized carbons (Fsp3) is 0.250. The van der Waals surface area contributed by atoms with Gasteiger partial charge in [0.05, 0.1) is 30.5 Å². The molecule has 2 N–H and O–H groups in total. The minimum Gasteiger partial charge on any atom is -0.479 e. The standard InChI is InChI=1S/C24H22ClF2N7O5/c1-5-34(31-23(35)18-9-19(37-4)32-39-18)24(36)29-11(2)21-17(27)6-13(10-28-21)15-7-14(25)8-16(26)20(15)22-30-12(3)38-33-22/h6-11H,5H2,1-4H3,(H,29,36)(H,31,35)/t11-/m1/s1. The van der Waals surface area contributed by atoms with Gasteiger partial charge in [0.1, 0.15) is 11.6 Å². The van der Waals surface area contributed by atoms with Gasteiger partial charge in [0, 0.05) is 30.3 Å². The molecule has 0 radical (unpaired) electrons. The van der Waals surface area contributed by atoms with Gasteiger partial charge in [0.2, 0.25) is 17.5 Å². The van der Waals surface area contributed by atoms with Crippen LogP contribution >= 0.6 is 11.6 Å². The fourth-order valence-electron chi connectivity index (χ4n) is 3.59. The SMILES string of the molecule is CCN(NC(=O)c1cc(OC)no1)C(=O)N[C@H](C)c1ncc(-c2cc(Cl)cc(F)c2-c2noc(C)n2)cc1F. The lowest BCUT2D eigenvalue weighted by atomic mass is 9.99. The first-order valence-corrected chi connectivity index (χ1v) is 11.8. The van der Waals surface area contributed by atoms with Crippen LogP contribution in [0.4, 0.5) is 13.6 Å². The van der Waals surface area contributed by atoms with E-state index in [1.54, 1.807) is 13.8 Å². The molecule has 1 aromatic carbocycles. The number of urea groups is 1. The lowest BCUT2D eigenvalue weighted by Gasteiger charge is -2.24. The molecular weight excluding hydrogens is 540 g/mol. The van der Waals surface area contributed by atoms with Gasteiger partial charge in [-0.3, -0.25) is 15.2 Å². The van der Waals surface area contributed by atoms with Crippen molar-refractivity contribution in [3.05, 3.63) is 64.5 Å². The van der Waals surface area contributed by atoms with Crippen molar-refractivity contribution in [3.63, 3.8) is 0 Å². The largest absolute Gasteiger partial charge is 0.479 e. The summed E-state index contributed by atoms with van der Waals surface area (Å²) in [7, 11) is 1.35. The van der Waals surface area contributed by atoms with Crippen molar-refractivity contribution in [1.29, 1.82) is 0 Å². The minimum absolute atomic E-state index is 0.0349. The fourth-order valence-corrected chi connectivity index (χ4v) is 3.79. The maximum absolute atomic E-state index is 15.2. The van der Waals surface area contributed by atoms with Crippen molar-refractivity contribution in [2.24, 2.45) is 0 Å². The van der Waals surface area contributed by atoms with Crippen LogP contribution in [0.3, 0.4) is 0 Å². The van der Waals surface area contributed by atoms with E-state index in [0.29, 0.717) is 0 Å². The van der Waals surface area contributed by atoms with Crippen molar-refractivity contribution in [2.45, 2.75) is 26.8 Å². The molecule has 3 amide bonds. The number of carbonyl (C=O) groups is 2. The molecule has 39 heavy (non-hydrogen) atoms. The first-order valence-electron chi connectivity index (χ1n) is 11.5. The maximum Gasteiger partial charge on any atom is 0.336 e. The molecule has 0 unspecified atom stereocenters. The highest BCUT2D eigenvalue weighted by Gasteiger charge is 2.24. The van der Waals surface area contributed by atoms with Gasteiger partial charge in [0.25, 0.3) is 5.88 Å². The number of ether oxygens (including phenoxy) is 1. The summed E-state index contributed by atoms with van der Waals surface area (Å²) in [4.78, 5) is 33.3. The van der Waals surface area contributed by atoms with Gasteiger partial charge in [0.15, 0.2) is 0 Å². The van der Waals surface area contributed by atoms with E-state index in [-0.39, 0.29) is 57.3 Å². The molecule has 4 aromatic rings. The summed E-state index contributed by atoms with van der Waals surface area (Å²) in [6.45, 7) is 4.74. The van der Waals surface area contributed by atoms with E-state index < -0.39 is 29.6 Å². The number of carbonyl (C=O) groups excluding carboxylic acids is 2. The van der Waals surface area contributed by atoms with Crippen molar-refractivity contribution in [2.75, 3.05) is 13.7 Å². The molecule has 0 fully saturated rings. The Morgan fingerprint density at radius 2 is 1.92 bits per heavy atom. The van der Waals surface area contributed by atoms with Gasteiger partial charge < -0.3 is 19.1 Å². The third kappa shape index (κ3) is 5.95. The van der Waals surface area contributed by atoms with Gasteiger partial charge in [-0.05, 0) is 42.8 Å². The first-order chi connectivity index (χ1) is 18.6. The van der Waals surface area contributed by atoms with Crippen LogP contribution in [0.2, 0.25) is 5.02 Å². The van der Waals surface area contributed by atoms with E-state index in [9.17, 15) is 14.0 Å². The van der Waals surface area contributed by atoms with Crippen LogP contribution in [-0.2, 0) is 0 Å². The summed E-state index contributed by atoms with van der Waals surface area (Å²) >= 11 is 6.05. The van der Waals surface area contributed by atoms with E-state index in [2.05, 4.69) is 31.0 Å². The number of nitrogens with zero attached hydrogens (tertiary/aromatic N) is 5. The number of aryl methyl sites for hydroxylation is 1. The van der Waals surface area contributed by atoms with Gasteiger partial charge in [-0.25, -0.2) is 18.6 Å². The number of halogens is 3. The zero-order valence-electron chi connectivity index (χ0n) is 21.1. The maximum atomic E-state index is 15.2. The van der Waals surface area contributed by atoms with E-state index >= 15 is 4.39 Å². The lowest BCUT2D eigenvalue weighted by molar-refractivity contribution is 0.0791. The molecule has 1 atom stereocenters. The predicted molar refractivity (Wildman–Crippen MR) is 132 cm³/mol. The van der Waals surface area contributed by atoms with E-state index in [1.165, 1.54) is 32.4 Å². The molecule has 0 saturated carbocycles. The lowest BCUT2D eigenvalue weighted by Crippen LogP contribution is -2.51. The quantitative estimate of drug-likeness (QED) is 0.312. The van der Waals surface area contributed by atoms with Gasteiger partial charge in [-0.2, -0.15) is 4.98 Å². The number of hydrogen-bond acceptors (Lipinski definition) is 9. The molecule has 0 aliphatic heterocycles. The molecule has 3 aromatic heterocycles. The molecule has 204 valence electrons. The Morgan fingerprint density at radius 1 is 1.15 bits per heavy atom. The Morgan fingerprint density at radius 3 is 2.54 bits per heavy atom. The minimum atomic E-state index is -0.918. The summed E-state index contributed by atoms with van der Waals surface area (Å²) in [6, 6.07) is 3.24. The highest BCUT2D eigenvalue weighted by molar-refractivity contribution is 6.31. The Bertz CT molecular complexity index is 1530. The molecule has 0 aliphatic carbocycles. The van der Waals surface area contributed by atoms with Gasteiger partial charge in [-0.1, -0.05) is 16.8 Å². The van der Waals surface area contributed by atoms with Crippen LogP contribution in [0, 0.1) is 18.6 Å². The third-order valence-corrected chi connectivity index (χ3v) is 5.67. The number of rotatable bonds is 7. The Hall–Kier alpha value is -4.59. The molecule has 3 heterocycles. The third-order valence-electron chi connectivity index (χ3n) is 5.46. The number of hydrogen-bond donors (Lipinski definition) is 2. The first kappa shape index (κ1) is 27.4. The summed E-state index contributed by atoms with van der Waals surface area (Å²) in [5, 5.41) is 10.9. The van der Waals surface area contributed by atoms with Crippen LogP contribution in [0.1, 0.15) is 42.0 Å². The summed E-state index contributed by atoms with van der Waals surface area (Å²) in [5.74, 6) is -2.16. The Labute approximate surface area is 225 Å². The highest BCUT2D eigenvalue weighted by Crippen LogP contribution is 2.36. The number of hydrazine groups is 1. The second-order valence-electron chi connectivity index (χ2n) is 8.13. The van der Waals surface area contributed by atoms with Crippen LogP contribution in [0.5, 0.6) is 5.88 Å².